The minimum atomic E-state index is -1.49. The van der Waals surface area contributed by atoms with Crippen LogP contribution in [0.2, 0.25) is 0 Å². The van der Waals surface area contributed by atoms with Crippen molar-refractivity contribution < 1.29 is 38.2 Å². The molecule has 3 amide bonds. The van der Waals surface area contributed by atoms with Crippen LogP contribution < -0.4 is 16.0 Å². The van der Waals surface area contributed by atoms with Crippen LogP contribution in [0.1, 0.15) is 27.2 Å². The zero-order chi connectivity index (χ0) is 29.7. The van der Waals surface area contributed by atoms with Gasteiger partial charge in [-0.15, -0.1) is 11.3 Å². The first-order chi connectivity index (χ1) is 19.1. The van der Waals surface area contributed by atoms with Crippen molar-refractivity contribution in [3.63, 3.8) is 0 Å². The van der Waals surface area contributed by atoms with Gasteiger partial charge in [0.25, 0.3) is 12.4 Å². The molecule has 218 valence electrons. The molecule has 2 aromatic rings. The lowest BCUT2D eigenvalue weighted by Gasteiger charge is -2.30. The Kier molecular flexibility index (Phi) is 13.6. The normalized spacial score (nSPS) is 14.6. The van der Waals surface area contributed by atoms with E-state index in [1.54, 1.807) is 31.2 Å². The van der Waals surface area contributed by atoms with E-state index in [2.05, 4.69) is 20.9 Å². The van der Waals surface area contributed by atoms with E-state index in [-0.39, 0.29) is 30.5 Å². The number of amides is 3. The Balaban J connectivity index is 2.23. The second-order valence-corrected chi connectivity index (χ2v) is 10.9. The summed E-state index contributed by atoms with van der Waals surface area (Å²) in [5.41, 5.74) is -0.728. The zero-order valence-corrected chi connectivity index (χ0v) is 25.6. The molecule has 12 nitrogen and oxygen atoms in total. The van der Waals surface area contributed by atoms with Crippen molar-refractivity contribution in [1.82, 2.24) is 20.9 Å². The van der Waals surface area contributed by atoms with Gasteiger partial charge in [0.1, 0.15) is 17.0 Å². The lowest BCUT2D eigenvalue weighted by Crippen LogP contribution is -2.60. The molecule has 0 aliphatic rings. The van der Waals surface area contributed by atoms with E-state index in [0.29, 0.717) is 9.88 Å². The number of nitrogens with one attached hydrogen (secondary N) is 3. The molecule has 0 saturated carbocycles. The summed E-state index contributed by atoms with van der Waals surface area (Å²) in [6.07, 6.45) is 1.52. The van der Waals surface area contributed by atoms with Crippen molar-refractivity contribution in [2.24, 2.45) is 0 Å². The van der Waals surface area contributed by atoms with Gasteiger partial charge in [-0.3, -0.25) is 24.0 Å². The number of hydrogen-bond donors (Lipinski definition) is 3. The molecule has 1 aromatic carbocycles. The molecule has 3 N–H and O–H groups in total. The first-order valence-electron chi connectivity index (χ1n) is 12.2. The van der Waals surface area contributed by atoms with Gasteiger partial charge in [0.15, 0.2) is 11.4 Å². The number of alkyl halides is 1. The minimum Gasteiger partial charge on any atom is -0.453 e. The van der Waals surface area contributed by atoms with E-state index in [4.69, 9.17) is 14.2 Å². The summed E-state index contributed by atoms with van der Waals surface area (Å²) < 4.78 is 15.5. The highest BCUT2D eigenvalue weighted by Gasteiger charge is 2.40. The number of Topliss-reactive ketones (excluding diaryl/α,β-unsaturated/α-hetero) is 1. The molecule has 0 fully saturated rings. The fourth-order valence-electron chi connectivity index (χ4n) is 3.63. The average Bonchev–Trinajstić information content (AvgIpc) is 3.38. The number of ether oxygens (including phenoxy) is 3. The Morgan fingerprint density at radius 3 is 2.08 bits per heavy atom. The average molecular weight is 689 g/mol. The third-order valence-corrected chi connectivity index (χ3v) is 8.13. The summed E-state index contributed by atoms with van der Waals surface area (Å²) in [5.74, 6) is -2.43. The molecule has 0 spiro atoms. The van der Waals surface area contributed by atoms with E-state index in [1.165, 1.54) is 38.7 Å². The molecule has 0 aliphatic heterocycles. The first kappa shape index (κ1) is 33.3. The monoisotopic (exact) mass is 688 g/mol. The van der Waals surface area contributed by atoms with Crippen LogP contribution in [0.4, 0.5) is 0 Å². The number of benzene rings is 1. The number of thiazole rings is 1. The number of aromatic nitrogens is 1. The fourth-order valence-corrected chi connectivity index (χ4v) is 4.87. The summed E-state index contributed by atoms with van der Waals surface area (Å²) in [6, 6.07) is 5.57. The second-order valence-electron chi connectivity index (χ2n) is 8.94. The zero-order valence-electron chi connectivity index (χ0n) is 22.6. The predicted octanol–water partition coefficient (Wildman–Crippen LogP) is 0.991. The third-order valence-electron chi connectivity index (χ3n) is 5.77. The largest absolute Gasteiger partial charge is 0.453 e. The van der Waals surface area contributed by atoms with Crippen LogP contribution in [0.15, 0.2) is 36.5 Å². The molecule has 0 radical (unpaired) electrons. The maximum Gasteiger partial charge on any atom is 0.294 e. The van der Waals surface area contributed by atoms with Gasteiger partial charge in [-0.25, -0.2) is 4.98 Å². The number of aryl methyl sites for hydroxylation is 1. The molecule has 0 aliphatic carbocycles. The van der Waals surface area contributed by atoms with Crippen LogP contribution in [0, 0.1) is 6.92 Å². The molecule has 4 atom stereocenters. The summed E-state index contributed by atoms with van der Waals surface area (Å²) in [5, 5.41) is 8.53. The highest BCUT2D eigenvalue weighted by molar-refractivity contribution is 14.1. The third kappa shape index (κ3) is 9.60. The number of rotatable bonds is 17. The van der Waals surface area contributed by atoms with E-state index >= 15 is 0 Å². The Hall–Kier alpha value is -2.95. The van der Waals surface area contributed by atoms with Gasteiger partial charge in [-0.2, -0.15) is 0 Å². The highest BCUT2D eigenvalue weighted by atomic mass is 127. The number of methoxy groups -OCH3 is 2. The van der Waals surface area contributed by atoms with Gasteiger partial charge in [-0.1, -0.05) is 52.9 Å². The minimum absolute atomic E-state index is 0.115. The summed E-state index contributed by atoms with van der Waals surface area (Å²) in [7, 11) is 2.72. The molecular weight excluding hydrogens is 655 g/mol. The topological polar surface area (TPSA) is 162 Å². The number of ketones is 1. The molecule has 0 saturated heterocycles. The quantitative estimate of drug-likeness (QED) is 0.125. The highest BCUT2D eigenvalue weighted by Crippen LogP contribution is 2.19. The number of nitrogens with zero attached hydrogens (tertiary/aromatic N) is 1. The molecule has 1 aromatic heterocycles. The molecule has 0 bridgehead atoms. The summed E-state index contributed by atoms with van der Waals surface area (Å²) in [4.78, 5) is 68.1. The number of hydrogen-bond acceptors (Lipinski definition) is 10. The maximum absolute atomic E-state index is 13.5. The fraction of sp³-hybridized carbons (Fsp3) is 0.462. The van der Waals surface area contributed by atoms with E-state index in [1.807, 2.05) is 28.7 Å². The first-order valence-corrected chi connectivity index (χ1v) is 14.5. The maximum atomic E-state index is 13.5. The van der Waals surface area contributed by atoms with E-state index in [9.17, 15) is 24.0 Å². The lowest BCUT2D eigenvalue weighted by atomic mass is 9.92. The van der Waals surface area contributed by atoms with Gasteiger partial charge < -0.3 is 30.2 Å². The second kappa shape index (κ2) is 16.3. The van der Waals surface area contributed by atoms with Crippen molar-refractivity contribution in [3.8, 4) is 0 Å². The van der Waals surface area contributed by atoms with Crippen LogP contribution >= 0.6 is 33.9 Å². The molecule has 40 heavy (non-hydrogen) atoms. The SMILES string of the molecule is COC[C@H](NC(=O)c1cnc(C)s1)C(=O)N[C@@H](COC)C(=O)NC(Cc1ccccc1)C(=O)[C@@](C)(CI)OC=O. The molecule has 1 heterocycles. The van der Waals surface area contributed by atoms with Crippen molar-refractivity contribution in [1.29, 1.82) is 0 Å². The van der Waals surface area contributed by atoms with Gasteiger partial charge >= 0.3 is 0 Å². The Morgan fingerprint density at radius 2 is 1.57 bits per heavy atom. The van der Waals surface area contributed by atoms with E-state index < -0.39 is 47.2 Å². The van der Waals surface area contributed by atoms with Crippen LogP contribution in [0.3, 0.4) is 0 Å². The number of carbonyl (C=O) groups is 5. The van der Waals surface area contributed by atoms with Gasteiger partial charge in [0, 0.05) is 18.6 Å². The molecule has 1 unspecified atom stereocenters. The molecular formula is C26H33IN4O8S. The number of halogens is 1. The lowest BCUT2D eigenvalue weighted by molar-refractivity contribution is -0.153. The van der Waals surface area contributed by atoms with Crippen LogP contribution in [-0.2, 0) is 39.8 Å². The van der Waals surface area contributed by atoms with E-state index in [0.717, 1.165) is 5.56 Å². The Morgan fingerprint density at radius 1 is 1.00 bits per heavy atom. The number of carbonyl (C=O) groups excluding carboxylic acids is 5. The standard InChI is InChI=1S/C26H33IN4O8S/c1-16-28-11-21(40-16)25(36)31-20(13-38-4)24(35)30-19(12-37-3)23(34)29-18(10-17-8-6-5-7-9-17)22(33)26(2,14-27)39-15-32/h5-9,11,15,18-20H,10,12-14H2,1-4H3,(H,29,34)(H,30,35)(H,31,36)/t18?,19-,20-,26+/m0/s1. The van der Waals surface area contributed by atoms with Crippen molar-refractivity contribution >= 4 is 63.9 Å². The Labute approximate surface area is 250 Å². The van der Waals surface area contributed by atoms with Crippen molar-refractivity contribution in [2.75, 3.05) is 31.9 Å². The van der Waals surface area contributed by atoms with Crippen LogP contribution in [0.25, 0.3) is 0 Å². The van der Waals surface area contributed by atoms with Crippen molar-refractivity contribution in [2.45, 2.75) is 44.0 Å². The Bertz CT molecular complexity index is 1160. The molecule has 2 rings (SSSR count). The van der Waals surface area contributed by atoms with Gasteiger partial charge in [-0.05, 0) is 25.8 Å². The predicted molar refractivity (Wildman–Crippen MR) is 155 cm³/mol. The van der Waals surface area contributed by atoms with Gasteiger partial charge in [0.05, 0.1) is 30.5 Å². The molecule has 14 heteroatoms. The summed E-state index contributed by atoms with van der Waals surface area (Å²) >= 11 is 3.10. The van der Waals surface area contributed by atoms with Crippen LogP contribution in [-0.4, -0.2) is 90.5 Å². The van der Waals surface area contributed by atoms with Gasteiger partial charge in [0.2, 0.25) is 11.8 Å². The summed E-state index contributed by atoms with van der Waals surface area (Å²) in [6.45, 7) is 3.03. The smallest absolute Gasteiger partial charge is 0.294 e. The van der Waals surface area contributed by atoms with Crippen molar-refractivity contribution in [3.05, 3.63) is 52.0 Å². The van der Waals surface area contributed by atoms with Crippen LogP contribution in [0.5, 0.6) is 0 Å².